The Morgan fingerprint density at radius 3 is 2.28 bits per heavy atom. The number of pyridine rings is 1. The minimum atomic E-state index is -1.29. The number of rotatable bonds is 7. The van der Waals surface area contributed by atoms with E-state index in [1.807, 2.05) is 6.07 Å². The van der Waals surface area contributed by atoms with Crippen LogP contribution in [0, 0.1) is 29.9 Å². The number of aromatic nitrogens is 1. The quantitative estimate of drug-likeness (QED) is 0.553. The fourth-order valence-corrected chi connectivity index (χ4v) is 2.72. The first kappa shape index (κ1) is 22.3. The van der Waals surface area contributed by atoms with E-state index in [2.05, 4.69) is 4.98 Å². The van der Waals surface area contributed by atoms with Crippen LogP contribution in [0.25, 0.3) is 0 Å². The number of aromatic carboxylic acids is 1. The van der Waals surface area contributed by atoms with Crippen LogP contribution in [0.3, 0.4) is 0 Å². The van der Waals surface area contributed by atoms with Gasteiger partial charge in [0.1, 0.15) is 5.75 Å². The van der Waals surface area contributed by atoms with Gasteiger partial charge < -0.3 is 24.1 Å². The number of carbonyl (C=O) groups is 1. The first-order valence-corrected chi connectivity index (χ1v) is 8.99. The van der Waals surface area contributed by atoms with Crippen molar-refractivity contribution in [1.82, 2.24) is 4.98 Å². The molecule has 164 valence electrons. The van der Waals surface area contributed by atoms with Crippen molar-refractivity contribution >= 4 is 5.97 Å². The van der Waals surface area contributed by atoms with Gasteiger partial charge in [0.2, 0.25) is 5.75 Å². The third-order valence-corrected chi connectivity index (χ3v) is 4.31. The lowest BCUT2D eigenvalue weighted by Gasteiger charge is -2.16. The van der Waals surface area contributed by atoms with Crippen molar-refractivity contribution in [3.8, 4) is 40.8 Å². The smallest absolute Gasteiger partial charge is 0.335 e. The van der Waals surface area contributed by atoms with E-state index in [0.717, 1.165) is 13.0 Å². The molecule has 1 N–H and O–H groups in total. The summed E-state index contributed by atoms with van der Waals surface area (Å²) in [5, 5.41) is 18.3. The molecule has 1 aromatic heterocycles. The Labute approximate surface area is 181 Å². The molecule has 0 aliphatic carbocycles. The van der Waals surface area contributed by atoms with Gasteiger partial charge in [0.15, 0.2) is 23.1 Å². The minimum absolute atomic E-state index is 0.0198. The zero-order valence-corrected chi connectivity index (χ0v) is 17.1. The predicted molar refractivity (Wildman–Crippen MR) is 107 cm³/mol. The summed E-state index contributed by atoms with van der Waals surface area (Å²) < 4.78 is 50.5. The maximum atomic E-state index is 14.7. The van der Waals surface area contributed by atoms with Crippen LogP contribution in [0.4, 0.5) is 8.78 Å². The lowest BCUT2D eigenvalue weighted by molar-refractivity contribution is 0.0696. The summed E-state index contributed by atoms with van der Waals surface area (Å²) in [5.74, 6) is -4.90. The molecule has 10 heteroatoms. The normalized spacial score (nSPS) is 10.2. The number of hydrogen-bond donors (Lipinski definition) is 1. The van der Waals surface area contributed by atoms with Gasteiger partial charge in [0.25, 0.3) is 11.8 Å². The maximum Gasteiger partial charge on any atom is 0.335 e. The average molecular weight is 442 g/mol. The Morgan fingerprint density at radius 2 is 1.69 bits per heavy atom. The van der Waals surface area contributed by atoms with Gasteiger partial charge in [-0.25, -0.2) is 13.6 Å². The van der Waals surface area contributed by atoms with Gasteiger partial charge in [-0.15, -0.1) is 0 Å². The van der Waals surface area contributed by atoms with Crippen molar-refractivity contribution in [3.05, 3.63) is 64.7 Å². The Kier molecular flexibility index (Phi) is 6.39. The molecule has 2 aromatic carbocycles. The van der Waals surface area contributed by atoms with Gasteiger partial charge in [-0.05, 0) is 37.3 Å². The van der Waals surface area contributed by atoms with Gasteiger partial charge in [0.05, 0.1) is 31.4 Å². The third-order valence-electron chi connectivity index (χ3n) is 4.31. The Hall–Kier alpha value is -4.39. The number of nitriles is 1. The van der Waals surface area contributed by atoms with Crippen LogP contribution in [0.1, 0.15) is 21.5 Å². The summed E-state index contributed by atoms with van der Waals surface area (Å²) in [6.45, 7) is 1.16. The van der Waals surface area contributed by atoms with Crippen LogP contribution < -0.4 is 18.9 Å². The van der Waals surface area contributed by atoms with Crippen LogP contribution in [0.5, 0.6) is 34.8 Å². The van der Waals surface area contributed by atoms with Crippen LogP contribution in [-0.4, -0.2) is 30.3 Å². The monoisotopic (exact) mass is 442 g/mol. The van der Waals surface area contributed by atoms with E-state index < -0.39 is 34.9 Å². The average Bonchev–Trinajstić information content (AvgIpc) is 2.80. The molecular formula is C22H16F2N2O6. The number of carboxylic acids is 1. The van der Waals surface area contributed by atoms with Crippen molar-refractivity contribution in [1.29, 1.82) is 5.26 Å². The SMILES string of the molecule is COc1cc(C(=O)O)cc(Oc2nc(Oc3cccc(C#N)c3)c(F)c(C)c2F)c1OC. The second-order valence-corrected chi connectivity index (χ2v) is 6.33. The molecule has 0 aliphatic heterocycles. The van der Waals surface area contributed by atoms with E-state index in [0.29, 0.717) is 0 Å². The van der Waals surface area contributed by atoms with Crippen molar-refractivity contribution in [2.45, 2.75) is 6.92 Å². The second-order valence-electron chi connectivity index (χ2n) is 6.33. The number of methoxy groups -OCH3 is 2. The van der Waals surface area contributed by atoms with Crippen molar-refractivity contribution < 1.29 is 37.6 Å². The van der Waals surface area contributed by atoms with Crippen LogP contribution >= 0.6 is 0 Å². The molecule has 3 rings (SSSR count). The Morgan fingerprint density at radius 1 is 1.03 bits per heavy atom. The molecule has 0 radical (unpaired) electrons. The molecule has 0 aliphatic rings. The van der Waals surface area contributed by atoms with E-state index in [-0.39, 0.29) is 34.1 Å². The maximum absolute atomic E-state index is 14.7. The Balaban J connectivity index is 2.08. The largest absolute Gasteiger partial charge is 0.493 e. The molecule has 0 unspecified atom stereocenters. The van der Waals surface area contributed by atoms with Crippen LogP contribution in [0.15, 0.2) is 36.4 Å². The molecule has 3 aromatic rings. The van der Waals surface area contributed by atoms with Gasteiger partial charge >= 0.3 is 5.97 Å². The van der Waals surface area contributed by atoms with Crippen LogP contribution in [0.2, 0.25) is 0 Å². The number of nitrogens with zero attached hydrogens (tertiary/aromatic N) is 2. The zero-order chi connectivity index (χ0) is 23.4. The first-order chi connectivity index (χ1) is 15.3. The molecule has 0 amide bonds. The molecule has 0 saturated carbocycles. The topological polar surface area (TPSA) is 111 Å². The van der Waals surface area contributed by atoms with Crippen molar-refractivity contribution in [3.63, 3.8) is 0 Å². The number of halogens is 2. The molecular weight excluding hydrogens is 426 g/mol. The molecule has 32 heavy (non-hydrogen) atoms. The molecule has 0 bridgehead atoms. The Bertz CT molecular complexity index is 1240. The molecule has 1 heterocycles. The summed E-state index contributed by atoms with van der Waals surface area (Å²) in [6, 6.07) is 10.1. The molecule has 0 spiro atoms. The third kappa shape index (κ3) is 4.37. The van der Waals surface area contributed by atoms with Gasteiger partial charge in [-0.2, -0.15) is 10.2 Å². The molecule has 8 nitrogen and oxygen atoms in total. The second kappa shape index (κ2) is 9.18. The highest BCUT2D eigenvalue weighted by molar-refractivity contribution is 5.89. The zero-order valence-electron chi connectivity index (χ0n) is 17.1. The lowest BCUT2D eigenvalue weighted by atomic mass is 10.2. The van der Waals surface area contributed by atoms with E-state index in [1.165, 1.54) is 44.6 Å². The number of carboxylic acid groups (broad SMARTS) is 1. The van der Waals surface area contributed by atoms with Crippen molar-refractivity contribution in [2.75, 3.05) is 14.2 Å². The number of hydrogen-bond acceptors (Lipinski definition) is 7. The molecule has 0 atom stereocenters. The van der Waals surface area contributed by atoms with E-state index in [1.54, 1.807) is 0 Å². The summed E-state index contributed by atoms with van der Waals surface area (Å²) in [4.78, 5) is 15.2. The van der Waals surface area contributed by atoms with Gasteiger partial charge in [0, 0.05) is 5.56 Å². The van der Waals surface area contributed by atoms with Crippen LogP contribution in [-0.2, 0) is 0 Å². The highest BCUT2D eigenvalue weighted by Gasteiger charge is 2.24. The summed E-state index contributed by atoms with van der Waals surface area (Å²) >= 11 is 0. The fourth-order valence-electron chi connectivity index (χ4n) is 2.72. The van der Waals surface area contributed by atoms with E-state index in [4.69, 9.17) is 24.2 Å². The standard InChI is InChI=1S/C22H16F2N2O6/c1-11-17(23)20(31-14-6-4-5-12(7-14)10-25)26-21(18(11)24)32-16-9-13(22(27)28)8-15(29-2)19(16)30-3/h4-9H,1-3H3,(H,27,28). The highest BCUT2D eigenvalue weighted by atomic mass is 19.1. The van der Waals surface area contributed by atoms with Gasteiger partial charge in [-0.1, -0.05) is 6.07 Å². The molecule has 0 fully saturated rings. The van der Waals surface area contributed by atoms with E-state index in [9.17, 15) is 18.7 Å². The predicted octanol–water partition coefficient (Wildman–Crippen LogP) is 4.84. The van der Waals surface area contributed by atoms with Crippen molar-refractivity contribution in [2.24, 2.45) is 0 Å². The lowest BCUT2D eigenvalue weighted by Crippen LogP contribution is -2.05. The fraction of sp³-hybridized carbons (Fsp3) is 0.136. The van der Waals surface area contributed by atoms with E-state index >= 15 is 0 Å². The summed E-state index contributed by atoms with van der Waals surface area (Å²) in [7, 11) is 2.57. The summed E-state index contributed by atoms with van der Waals surface area (Å²) in [6.07, 6.45) is 0. The highest BCUT2D eigenvalue weighted by Crippen LogP contribution is 2.42. The van der Waals surface area contributed by atoms with Gasteiger partial charge in [-0.3, -0.25) is 0 Å². The number of ether oxygens (including phenoxy) is 4. The number of benzene rings is 2. The summed E-state index contributed by atoms with van der Waals surface area (Å²) in [5.41, 5.74) is -0.399. The minimum Gasteiger partial charge on any atom is -0.493 e. The first-order valence-electron chi connectivity index (χ1n) is 8.99. The molecule has 0 saturated heterocycles.